The number of fused-ring (bicyclic) bond motifs is 3. The normalized spacial score (nSPS) is 34.3. The Bertz CT molecular complexity index is 853. The summed E-state index contributed by atoms with van der Waals surface area (Å²) < 4.78 is 11.9. The highest BCUT2D eigenvalue weighted by Crippen LogP contribution is 2.62. The van der Waals surface area contributed by atoms with Crippen LogP contribution in [0.3, 0.4) is 0 Å². The summed E-state index contributed by atoms with van der Waals surface area (Å²) in [5, 5.41) is 0. The van der Waals surface area contributed by atoms with E-state index in [9.17, 15) is 4.79 Å². The van der Waals surface area contributed by atoms with Crippen molar-refractivity contribution in [2.24, 2.45) is 16.1 Å². The lowest BCUT2D eigenvalue weighted by molar-refractivity contribution is -0.137. The minimum absolute atomic E-state index is 0.00244. The van der Waals surface area contributed by atoms with Crippen LogP contribution in [-0.4, -0.2) is 43.1 Å². The van der Waals surface area contributed by atoms with Gasteiger partial charge < -0.3 is 15.2 Å². The Balaban J connectivity index is 1.58. The summed E-state index contributed by atoms with van der Waals surface area (Å²) in [4.78, 5) is 20.1. The maximum atomic E-state index is 13.6. The Morgan fingerprint density at radius 2 is 1.86 bits per heavy atom. The molecule has 1 unspecified atom stereocenters. The van der Waals surface area contributed by atoms with E-state index in [1.807, 2.05) is 0 Å². The van der Waals surface area contributed by atoms with Gasteiger partial charge in [-0.15, -0.1) is 0 Å². The topological polar surface area (TPSA) is 77.2 Å². The molecular weight excluding hydrogens is 366 g/mol. The number of nitrogens with zero attached hydrogens (tertiary/aromatic N) is 2. The van der Waals surface area contributed by atoms with Crippen molar-refractivity contribution in [3.05, 3.63) is 29.3 Å². The zero-order chi connectivity index (χ0) is 20.2. The van der Waals surface area contributed by atoms with Gasteiger partial charge in [0.2, 0.25) is 0 Å². The molecule has 1 amide bonds. The molecule has 0 bridgehead atoms. The van der Waals surface area contributed by atoms with Gasteiger partial charge in [-0.1, -0.05) is 6.07 Å². The molecule has 6 heteroatoms. The van der Waals surface area contributed by atoms with Crippen molar-refractivity contribution in [2.45, 2.75) is 75.5 Å². The average Bonchev–Trinajstić information content (AvgIpc) is 3.39. The number of hydrogen-bond donors (Lipinski definition) is 1. The molecule has 1 aromatic rings. The SMILES string of the molecule is COC1CCC2(CC1)Cc1ccc(OC3CCCC3)cc1C21N=C(N)N(C)C1=O. The first-order chi connectivity index (χ1) is 14.0. The Labute approximate surface area is 172 Å². The first-order valence-electron chi connectivity index (χ1n) is 11.0. The second kappa shape index (κ2) is 6.73. The maximum absolute atomic E-state index is 13.6. The molecule has 2 spiro atoms. The van der Waals surface area contributed by atoms with E-state index in [1.165, 1.54) is 23.3 Å². The molecule has 1 aromatic carbocycles. The van der Waals surface area contributed by atoms with Gasteiger partial charge >= 0.3 is 0 Å². The average molecular weight is 398 g/mol. The number of carbonyl (C=O) groups is 1. The smallest absolute Gasteiger partial charge is 0.262 e. The van der Waals surface area contributed by atoms with Gasteiger partial charge in [-0.05, 0) is 81.0 Å². The molecule has 1 atom stereocenters. The maximum Gasteiger partial charge on any atom is 0.262 e. The van der Waals surface area contributed by atoms with Crippen molar-refractivity contribution in [2.75, 3.05) is 14.2 Å². The predicted octanol–water partition coefficient (Wildman–Crippen LogP) is 3.12. The first-order valence-corrected chi connectivity index (χ1v) is 11.0. The summed E-state index contributed by atoms with van der Waals surface area (Å²) in [7, 11) is 3.51. The number of nitrogens with two attached hydrogens (primary N) is 1. The number of rotatable bonds is 3. The lowest BCUT2D eigenvalue weighted by atomic mass is 9.61. The summed E-state index contributed by atoms with van der Waals surface area (Å²) in [6.45, 7) is 0. The van der Waals surface area contributed by atoms with E-state index in [2.05, 4.69) is 18.2 Å². The number of carbonyl (C=O) groups excluding carboxylic acids is 1. The third-order valence-electron chi connectivity index (χ3n) is 7.84. The van der Waals surface area contributed by atoms with Crippen LogP contribution in [0.5, 0.6) is 5.75 Å². The van der Waals surface area contributed by atoms with E-state index in [-0.39, 0.29) is 23.5 Å². The third kappa shape index (κ3) is 2.64. The van der Waals surface area contributed by atoms with Gasteiger partial charge in [-0.3, -0.25) is 9.69 Å². The summed E-state index contributed by atoms with van der Waals surface area (Å²) in [5.41, 5.74) is 7.25. The predicted molar refractivity (Wildman–Crippen MR) is 111 cm³/mol. The molecule has 2 N–H and O–H groups in total. The lowest BCUT2D eigenvalue weighted by Gasteiger charge is -2.45. The van der Waals surface area contributed by atoms with Gasteiger partial charge in [0.15, 0.2) is 11.5 Å². The lowest BCUT2D eigenvalue weighted by Crippen LogP contribution is -2.51. The molecule has 1 heterocycles. The van der Waals surface area contributed by atoms with E-state index < -0.39 is 5.54 Å². The molecule has 156 valence electrons. The van der Waals surface area contributed by atoms with Gasteiger partial charge in [0.25, 0.3) is 5.91 Å². The van der Waals surface area contributed by atoms with Crippen molar-refractivity contribution in [1.82, 2.24) is 4.90 Å². The summed E-state index contributed by atoms with van der Waals surface area (Å²) in [6.07, 6.45) is 9.80. The number of ether oxygens (including phenoxy) is 2. The van der Waals surface area contributed by atoms with Crippen LogP contribution in [0.4, 0.5) is 0 Å². The fourth-order valence-electron chi connectivity index (χ4n) is 6.18. The Morgan fingerprint density at radius 1 is 1.14 bits per heavy atom. The van der Waals surface area contributed by atoms with Gasteiger partial charge in [0.1, 0.15) is 5.75 Å². The first kappa shape index (κ1) is 18.9. The molecule has 29 heavy (non-hydrogen) atoms. The van der Waals surface area contributed by atoms with E-state index in [0.717, 1.165) is 56.3 Å². The molecule has 0 aromatic heterocycles. The molecule has 3 aliphatic carbocycles. The molecule has 4 aliphatic rings. The number of benzene rings is 1. The third-order valence-corrected chi connectivity index (χ3v) is 7.84. The molecule has 2 fully saturated rings. The van der Waals surface area contributed by atoms with Crippen molar-refractivity contribution in [1.29, 1.82) is 0 Å². The number of amides is 1. The molecular formula is C23H31N3O3. The summed E-state index contributed by atoms with van der Waals surface area (Å²) in [6, 6.07) is 6.30. The Kier molecular flexibility index (Phi) is 4.39. The van der Waals surface area contributed by atoms with Gasteiger partial charge in [0, 0.05) is 19.6 Å². The number of hydrogen-bond acceptors (Lipinski definition) is 5. The molecule has 0 saturated heterocycles. The van der Waals surface area contributed by atoms with Crippen molar-refractivity contribution >= 4 is 11.9 Å². The molecule has 1 aliphatic heterocycles. The van der Waals surface area contributed by atoms with E-state index in [4.69, 9.17) is 20.2 Å². The number of guanidine groups is 1. The highest BCUT2D eigenvalue weighted by molar-refractivity contribution is 6.08. The second-order valence-electron chi connectivity index (χ2n) is 9.28. The van der Waals surface area contributed by atoms with Crippen LogP contribution in [0, 0.1) is 5.41 Å². The second-order valence-corrected chi connectivity index (χ2v) is 9.28. The number of methoxy groups -OCH3 is 1. The van der Waals surface area contributed by atoms with Crippen LogP contribution >= 0.6 is 0 Å². The zero-order valence-electron chi connectivity index (χ0n) is 17.4. The van der Waals surface area contributed by atoms with Crippen molar-refractivity contribution in [3.63, 3.8) is 0 Å². The molecule has 0 radical (unpaired) electrons. The van der Waals surface area contributed by atoms with Crippen LogP contribution in [0.1, 0.15) is 62.5 Å². The molecule has 2 saturated carbocycles. The molecule has 6 nitrogen and oxygen atoms in total. The highest BCUT2D eigenvalue weighted by atomic mass is 16.5. The van der Waals surface area contributed by atoms with Gasteiger partial charge in [0.05, 0.1) is 12.2 Å². The highest BCUT2D eigenvalue weighted by Gasteiger charge is 2.66. The fourth-order valence-corrected chi connectivity index (χ4v) is 6.18. The van der Waals surface area contributed by atoms with Crippen LogP contribution in [0.2, 0.25) is 0 Å². The molecule has 5 rings (SSSR count). The fraction of sp³-hybridized carbons (Fsp3) is 0.652. The quantitative estimate of drug-likeness (QED) is 0.850. The Morgan fingerprint density at radius 3 is 2.48 bits per heavy atom. The largest absolute Gasteiger partial charge is 0.490 e. The van der Waals surface area contributed by atoms with Crippen molar-refractivity contribution < 1.29 is 14.3 Å². The van der Waals surface area contributed by atoms with E-state index in [0.29, 0.717) is 5.96 Å². The summed E-state index contributed by atoms with van der Waals surface area (Å²) >= 11 is 0. The van der Waals surface area contributed by atoms with E-state index >= 15 is 0 Å². The van der Waals surface area contributed by atoms with Crippen LogP contribution in [-0.2, 0) is 21.5 Å². The number of aliphatic imine (C=N–C) groups is 1. The minimum atomic E-state index is -0.922. The van der Waals surface area contributed by atoms with Crippen LogP contribution < -0.4 is 10.5 Å². The Hall–Kier alpha value is -2.08. The van der Waals surface area contributed by atoms with Crippen LogP contribution in [0.15, 0.2) is 23.2 Å². The standard InChI is InChI=1S/C23H31N3O3/c1-26-20(27)23(25-21(26)24)19-13-18(29-17-5-3-4-6-17)8-7-15(19)14-22(23)11-9-16(28-2)10-12-22/h7-8,13,16-17H,3-6,9-12,14H2,1-2H3,(H2,24,25). The van der Waals surface area contributed by atoms with Crippen molar-refractivity contribution in [3.8, 4) is 5.75 Å². The summed E-state index contributed by atoms with van der Waals surface area (Å²) in [5.74, 6) is 1.18. The zero-order valence-corrected chi connectivity index (χ0v) is 17.4. The number of likely N-dealkylation sites (N-methyl/N-ethyl adjacent to an activating group) is 1. The minimum Gasteiger partial charge on any atom is -0.490 e. The van der Waals surface area contributed by atoms with Gasteiger partial charge in [-0.25, -0.2) is 4.99 Å². The monoisotopic (exact) mass is 397 g/mol. The van der Waals surface area contributed by atoms with Gasteiger partial charge in [-0.2, -0.15) is 0 Å². The van der Waals surface area contributed by atoms with Crippen LogP contribution in [0.25, 0.3) is 0 Å². The van der Waals surface area contributed by atoms with E-state index in [1.54, 1.807) is 14.2 Å².